The van der Waals surface area contributed by atoms with Gasteiger partial charge in [-0.15, -0.1) is 5.10 Å². The van der Waals surface area contributed by atoms with Crippen LogP contribution in [0.3, 0.4) is 0 Å². The average molecular weight is 368 g/mol. The lowest BCUT2D eigenvalue weighted by atomic mass is 10.1. The molecule has 0 saturated carbocycles. The summed E-state index contributed by atoms with van der Waals surface area (Å²) < 4.78 is 1.75. The maximum Gasteiger partial charge on any atom is 0.246 e. The van der Waals surface area contributed by atoms with E-state index in [9.17, 15) is 0 Å². The van der Waals surface area contributed by atoms with Crippen molar-refractivity contribution in [2.45, 2.75) is 18.9 Å². The molecule has 0 fully saturated rings. The molecule has 0 aliphatic heterocycles. The van der Waals surface area contributed by atoms with Crippen molar-refractivity contribution >= 4 is 17.5 Å². The van der Waals surface area contributed by atoms with Crippen LogP contribution in [0.15, 0.2) is 79.3 Å². The van der Waals surface area contributed by atoms with E-state index < -0.39 is 0 Å². The highest BCUT2D eigenvalue weighted by molar-refractivity contribution is 5.53. The van der Waals surface area contributed by atoms with Crippen LogP contribution in [0, 0.1) is 0 Å². The summed E-state index contributed by atoms with van der Waals surface area (Å²) in [4.78, 5) is 8.83. The summed E-state index contributed by atoms with van der Waals surface area (Å²) in [6, 6.07) is 22.8. The molecule has 138 valence electrons. The number of para-hydroxylation sites is 1. The smallest absolute Gasteiger partial charge is 0.246 e. The first kappa shape index (κ1) is 16.5. The van der Waals surface area contributed by atoms with E-state index in [0.29, 0.717) is 12.0 Å². The van der Waals surface area contributed by atoms with Crippen molar-refractivity contribution in [1.29, 1.82) is 0 Å². The number of anilines is 3. The van der Waals surface area contributed by atoms with Gasteiger partial charge in [0.2, 0.25) is 5.95 Å². The van der Waals surface area contributed by atoms with Crippen LogP contribution in [0.5, 0.6) is 0 Å². The molecule has 2 heterocycles. The summed E-state index contributed by atoms with van der Waals surface area (Å²) in [7, 11) is 0. The predicted molar refractivity (Wildman–Crippen MR) is 110 cm³/mol. The second kappa shape index (κ2) is 7.15. The standard InChI is InChI=1S/C22H20N6/c1-2-8-18(9-3-1)26-22-24-15-28(27-22)20-10-11-23-21(14-20)25-19-12-16-6-4-5-7-17(16)13-19/h1-11,14-15,19H,12-13H2,(H,23,25)(H,26,27). The number of aromatic nitrogens is 4. The molecule has 0 atom stereocenters. The normalized spacial score (nSPS) is 13.3. The largest absolute Gasteiger partial charge is 0.367 e. The molecular weight excluding hydrogens is 348 g/mol. The van der Waals surface area contributed by atoms with E-state index in [1.807, 2.05) is 42.5 Å². The Bertz CT molecular complexity index is 1060. The van der Waals surface area contributed by atoms with Crippen molar-refractivity contribution in [2.75, 3.05) is 10.6 Å². The highest BCUT2D eigenvalue weighted by atomic mass is 15.4. The quantitative estimate of drug-likeness (QED) is 0.558. The third-order valence-corrected chi connectivity index (χ3v) is 4.93. The number of nitrogens with one attached hydrogen (secondary N) is 2. The van der Waals surface area contributed by atoms with Crippen molar-refractivity contribution in [3.05, 3.63) is 90.4 Å². The minimum absolute atomic E-state index is 0.367. The van der Waals surface area contributed by atoms with Gasteiger partial charge in [0.05, 0.1) is 5.69 Å². The molecule has 6 heteroatoms. The zero-order valence-electron chi connectivity index (χ0n) is 15.3. The SMILES string of the molecule is c1ccc(Nc2ncn(-c3ccnc(NC4Cc5ccccc5C4)c3)n2)cc1. The summed E-state index contributed by atoms with van der Waals surface area (Å²) in [5, 5.41) is 11.3. The Morgan fingerprint density at radius 3 is 2.39 bits per heavy atom. The van der Waals surface area contributed by atoms with Gasteiger partial charge in [0.25, 0.3) is 0 Å². The maximum atomic E-state index is 4.52. The number of hydrogen-bond donors (Lipinski definition) is 2. The molecule has 0 unspecified atom stereocenters. The molecule has 0 saturated heterocycles. The minimum Gasteiger partial charge on any atom is -0.367 e. The topological polar surface area (TPSA) is 67.7 Å². The van der Waals surface area contributed by atoms with Gasteiger partial charge in [0, 0.05) is 24.0 Å². The number of pyridine rings is 1. The van der Waals surface area contributed by atoms with Crippen LogP contribution in [-0.2, 0) is 12.8 Å². The molecule has 0 bridgehead atoms. The maximum absolute atomic E-state index is 4.52. The van der Waals surface area contributed by atoms with Crippen LogP contribution in [0.25, 0.3) is 5.69 Å². The van der Waals surface area contributed by atoms with E-state index in [-0.39, 0.29) is 0 Å². The Hall–Kier alpha value is -3.67. The summed E-state index contributed by atoms with van der Waals surface area (Å²) in [5.74, 6) is 1.41. The summed E-state index contributed by atoms with van der Waals surface area (Å²) in [5.41, 5.74) is 4.72. The average Bonchev–Trinajstić information content (AvgIpc) is 3.35. The number of benzene rings is 2. The number of rotatable bonds is 5. The fourth-order valence-corrected chi connectivity index (χ4v) is 3.61. The lowest BCUT2D eigenvalue weighted by molar-refractivity contribution is 0.767. The first-order valence-corrected chi connectivity index (χ1v) is 9.37. The van der Waals surface area contributed by atoms with E-state index in [2.05, 4.69) is 50.0 Å². The van der Waals surface area contributed by atoms with Crippen LogP contribution in [-0.4, -0.2) is 25.8 Å². The Balaban J connectivity index is 1.30. The fourth-order valence-electron chi connectivity index (χ4n) is 3.61. The van der Waals surface area contributed by atoms with Crippen molar-refractivity contribution in [3.63, 3.8) is 0 Å². The van der Waals surface area contributed by atoms with Gasteiger partial charge >= 0.3 is 0 Å². The fraction of sp³-hybridized carbons (Fsp3) is 0.136. The highest BCUT2D eigenvalue weighted by Crippen LogP contribution is 2.24. The van der Waals surface area contributed by atoms with Gasteiger partial charge < -0.3 is 10.6 Å². The third kappa shape index (κ3) is 3.44. The van der Waals surface area contributed by atoms with Crippen molar-refractivity contribution in [2.24, 2.45) is 0 Å². The van der Waals surface area contributed by atoms with Gasteiger partial charge in [-0.2, -0.15) is 4.98 Å². The first-order valence-electron chi connectivity index (χ1n) is 9.37. The van der Waals surface area contributed by atoms with E-state index in [4.69, 9.17) is 0 Å². The molecule has 0 radical (unpaired) electrons. The number of hydrogen-bond acceptors (Lipinski definition) is 5. The molecule has 2 N–H and O–H groups in total. The molecule has 0 spiro atoms. The minimum atomic E-state index is 0.367. The van der Waals surface area contributed by atoms with Crippen molar-refractivity contribution in [3.8, 4) is 5.69 Å². The lowest BCUT2D eigenvalue weighted by Crippen LogP contribution is -2.20. The molecule has 2 aromatic carbocycles. The van der Waals surface area contributed by atoms with E-state index in [1.165, 1.54) is 11.1 Å². The Kier molecular flexibility index (Phi) is 4.21. The second-order valence-electron chi connectivity index (χ2n) is 6.92. The monoisotopic (exact) mass is 368 g/mol. The van der Waals surface area contributed by atoms with Crippen LogP contribution >= 0.6 is 0 Å². The molecule has 6 nitrogen and oxygen atoms in total. The first-order chi connectivity index (χ1) is 13.8. The molecule has 28 heavy (non-hydrogen) atoms. The molecule has 5 rings (SSSR count). The summed E-state index contributed by atoms with van der Waals surface area (Å²) in [6.07, 6.45) is 5.55. The second-order valence-corrected chi connectivity index (χ2v) is 6.92. The Morgan fingerprint density at radius 2 is 1.61 bits per heavy atom. The van der Waals surface area contributed by atoms with E-state index >= 15 is 0 Å². The molecule has 2 aromatic heterocycles. The van der Waals surface area contributed by atoms with Crippen LogP contribution in [0.4, 0.5) is 17.5 Å². The van der Waals surface area contributed by atoms with Crippen LogP contribution in [0.2, 0.25) is 0 Å². The summed E-state index contributed by atoms with van der Waals surface area (Å²) >= 11 is 0. The van der Waals surface area contributed by atoms with Crippen LogP contribution < -0.4 is 10.6 Å². The number of nitrogens with zero attached hydrogens (tertiary/aromatic N) is 4. The van der Waals surface area contributed by atoms with Gasteiger partial charge in [-0.05, 0) is 42.2 Å². The van der Waals surface area contributed by atoms with E-state index in [0.717, 1.165) is 30.0 Å². The van der Waals surface area contributed by atoms with Gasteiger partial charge in [-0.25, -0.2) is 9.67 Å². The van der Waals surface area contributed by atoms with E-state index in [1.54, 1.807) is 17.2 Å². The van der Waals surface area contributed by atoms with Crippen molar-refractivity contribution < 1.29 is 0 Å². The zero-order chi connectivity index (χ0) is 18.8. The predicted octanol–water partition coefficient (Wildman–Crippen LogP) is 3.99. The molecule has 1 aliphatic carbocycles. The van der Waals surface area contributed by atoms with Gasteiger partial charge in [0.1, 0.15) is 12.1 Å². The lowest BCUT2D eigenvalue weighted by Gasteiger charge is -2.13. The molecule has 1 aliphatic rings. The molecule has 4 aromatic rings. The zero-order valence-corrected chi connectivity index (χ0v) is 15.3. The Morgan fingerprint density at radius 1 is 0.857 bits per heavy atom. The highest BCUT2D eigenvalue weighted by Gasteiger charge is 2.21. The third-order valence-electron chi connectivity index (χ3n) is 4.93. The van der Waals surface area contributed by atoms with Gasteiger partial charge in [0.15, 0.2) is 0 Å². The molecule has 0 amide bonds. The van der Waals surface area contributed by atoms with Gasteiger partial charge in [-0.1, -0.05) is 42.5 Å². The van der Waals surface area contributed by atoms with Gasteiger partial charge in [-0.3, -0.25) is 0 Å². The Labute approximate surface area is 163 Å². The number of fused-ring (bicyclic) bond motifs is 1. The summed E-state index contributed by atoms with van der Waals surface area (Å²) in [6.45, 7) is 0. The van der Waals surface area contributed by atoms with Crippen molar-refractivity contribution in [1.82, 2.24) is 19.7 Å². The molecular formula is C22H20N6. The van der Waals surface area contributed by atoms with Crippen LogP contribution in [0.1, 0.15) is 11.1 Å².